The third-order valence-corrected chi connectivity index (χ3v) is 2.82. The van der Waals surface area contributed by atoms with Gasteiger partial charge in [-0.25, -0.2) is 0 Å². The first-order valence-electron chi connectivity index (χ1n) is 6.00. The van der Waals surface area contributed by atoms with Gasteiger partial charge in [-0.05, 0) is 38.1 Å². The van der Waals surface area contributed by atoms with E-state index in [1.165, 1.54) is 0 Å². The van der Waals surface area contributed by atoms with Crippen molar-refractivity contribution < 1.29 is 9.53 Å². The number of benzene rings is 1. The topological polar surface area (TPSA) is 51.2 Å². The van der Waals surface area contributed by atoms with Gasteiger partial charge in [0.05, 0.1) is 24.1 Å². The van der Waals surface area contributed by atoms with Gasteiger partial charge in [-0.3, -0.25) is 9.78 Å². The summed E-state index contributed by atoms with van der Waals surface area (Å²) >= 11 is 0. The van der Waals surface area contributed by atoms with Crippen molar-refractivity contribution in [1.29, 1.82) is 0 Å². The maximum Gasteiger partial charge on any atom is 0.257 e. The normalized spacial score (nSPS) is 10.1. The van der Waals surface area contributed by atoms with Crippen LogP contribution in [0.2, 0.25) is 0 Å². The Bertz CT molecular complexity index is 609. The Labute approximate surface area is 112 Å². The van der Waals surface area contributed by atoms with Gasteiger partial charge in [0.1, 0.15) is 5.75 Å². The van der Waals surface area contributed by atoms with Crippen LogP contribution in [0.25, 0.3) is 0 Å². The fourth-order valence-corrected chi connectivity index (χ4v) is 1.86. The van der Waals surface area contributed by atoms with Crippen molar-refractivity contribution in [2.24, 2.45) is 0 Å². The maximum absolute atomic E-state index is 12.2. The van der Waals surface area contributed by atoms with Gasteiger partial charge >= 0.3 is 0 Å². The number of aromatic nitrogens is 1. The van der Waals surface area contributed by atoms with Crippen LogP contribution in [-0.4, -0.2) is 18.0 Å². The summed E-state index contributed by atoms with van der Waals surface area (Å²) in [5, 5.41) is 2.83. The van der Waals surface area contributed by atoms with Crippen molar-refractivity contribution in [3.63, 3.8) is 0 Å². The van der Waals surface area contributed by atoms with Gasteiger partial charge in [0, 0.05) is 5.69 Å². The number of anilines is 1. The number of nitrogens with zero attached hydrogens (tertiary/aromatic N) is 1. The first-order valence-corrected chi connectivity index (χ1v) is 6.00. The zero-order valence-corrected chi connectivity index (χ0v) is 11.2. The minimum atomic E-state index is -0.186. The molecule has 1 heterocycles. The van der Waals surface area contributed by atoms with E-state index in [9.17, 15) is 4.79 Å². The number of amides is 1. The summed E-state index contributed by atoms with van der Waals surface area (Å²) < 4.78 is 5.20. The number of methoxy groups -OCH3 is 1. The first-order chi connectivity index (χ1) is 9.11. The number of rotatable bonds is 3. The van der Waals surface area contributed by atoms with Crippen molar-refractivity contribution in [2.75, 3.05) is 12.4 Å². The zero-order chi connectivity index (χ0) is 13.8. The number of hydrogen-bond acceptors (Lipinski definition) is 3. The molecule has 0 radical (unpaired) electrons. The fourth-order valence-electron chi connectivity index (χ4n) is 1.86. The average molecular weight is 256 g/mol. The molecule has 0 aliphatic rings. The SMILES string of the molecule is COc1ccccc1NC(=O)c1ccc(C)nc1C. The molecule has 0 atom stereocenters. The van der Waals surface area contributed by atoms with E-state index in [2.05, 4.69) is 10.3 Å². The van der Waals surface area contributed by atoms with Crippen molar-refractivity contribution in [1.82, 2.24) is 4.98 Å². The molecule has 4 nitrogen and oxygen atoms in total. The van der Waals surface area contributed by atoms with Crippen molar-refractivity contribution >= 4 is 11.6 Å². The van der Waals surface area contributed by atoms with Gasteiger partial charge in [-0.15, -0.1) is 0 Å². The van der Waals surface area contributed by atoms with E-state index in [1.807, 2.05) is 32.0 Å². The van der Waals surface area contributed by atoms with Crippen LogP contribution in [0.5, 0.6) is 5.75 Å². The number of nitrogens with one attached hydrogen (secondary N) is 1. The summed E-state index contributed by atoms with van der Waals surface area (Å²) in [4.78, 5) is 16.5. The van der Waals surface area contributed by atoms with E-state index in [0.29, 0.717) is 22.7 Å². The number of ether oxygens (including phenoxy) is 1. The molecule has 0 aliphatic heterocycles. The van der Waals surface area contributed by atoms with Crippen molar-refractivity contribution in [3.05, 3.63) is 53.3 Å². The van der Waals surface area contributed by atoms with E-state index in [-0.39, 0.29) is 5.91 Å². The molecule has 4 heteroatoms. The Morgan fingerprint density at radius 3 is 2.58 bits per heavy atom. The third-order valence-electron chi connectivity index (χ3n) is 2.82. The quantitative estimate of drug-likeness (QED) is 0.918. The molecule has 2 aromatic rings. The van der Waals surface area contributed by atoms with E-state index in [1.54, 1.807) is 25.3 Å². The molecule has 1 amide bonds. The number of pyridine rings is 1. The Morgan fingerprint density at radius 1 is 1.16 bits per heavy atom. The molecule has 2 rings (SSSR count). The van der Waals surface area contributed by atoms with Crippen LogP contribution in [-0.2, 0) is 0 Å². The van der Waals surface area contributed by atoms with Crippen LogP contribution in [0, 0.1) is 13.8 Å². The predicted octanol–water partition coefficient (Wildman–Crippen LogP) is 2.96. The van der Waals surface area contributed by atoms with E-state index >= 15 is 0 Å². The predicted molar refractivity (Wildman–Crippen MR) is 74.7 cm³/mol. The second-order valence-corrected chi connectivity index (χ2v) is 4.24. The molecule has 98 valence electrons. The molecular weight excluding hydrogens is 240 g/mol. The van der Waals surface area contributed by atoms with Gasteiger partial charge in [0.15, 0.2) is 0 Å². The minimum absolute atomic E-state index is 0.186. The number of para-hydroxylation sites is 2. The summed E-state index contributed by atoms with van der Waals surface area (Å²) in [6.45, 7) is 3.72. The maximum atomic E-state index is 12.2. The van der Waals surface area contributed by atoms with Gasteiger partial charge in [-0.2, -0.15) is 0 Å². The van der Waals surface area contributed by atoms with Gasteiger partial charge in [0.2, 0.25) is 0 Å². The molecule has 1 aromatic carbocycles. The molecule has 0 saturated carbocycles. The van der Waals surface area contributed by atoms with Crippen LogP contribution in [0.4, 0.5) is 5.69 Å². The van der Waals surface area contributed by atoms with Crippen LogP contribution in [0.3, 0.4) is 0 Å². The number of aryl methyl sites for hydroxylation is 2. The van der Waals surface area contributed by atoms with Crippen LogP contribution in [0.15, 0.2) is 36.4 Å². The van der Waals surface area contributed by atoms with Gasteiger partial charge in [-0.1, -0.05) is 12.1 Å². The summed E-state index contributed by atoms with van der Waals surface area (Å²) in [6, 6.07) is 10.9. The van der Waals surface area contributed by atoms with Crippen LogP contribution >= 0.6 is 0 Å². The van der Waals surface area contributed by atoms with Gasteiger partial charge < -0.3 is 10.1 Å². The third kappa shape index (κ3) is 2.91. The Hall–Kier alpha value is -2.36. The second-order valence-electron chi connectivity index (χ2n) is 4.24. The fraction of sp³-hybridized carbons (Fsp3) is 0.200. The number of carbonyl (C=O) groups is 1. The molecule has 0 fully saturated rings. The van der Waals surface area contributed by atoms with E-state index < -0.39 is 0 Å². The van der Waals surface area contributed by atoms with Crippen LogP contribution < -0.4 is 10.1 Å². The molecule has 0 spiro atoms. The Kier molecular flexibility index (Phi) is 3.80. The molecule has 1 N–H and O–H groups in total. The monoisotopic (exact) mass is 256 g/mol. The minimum Gasteiger partial charge on any atom is -0.495 e. The van der Waals surface area contributed by atoms with Crippen molar-refractivity contribution in [3.8, 4) is 5.75 Å². The lowest BCUT2D eigenvalue weighted by atomic mass is 10.1. The van der Waals surface area contributed by atoms with E-state index in [0.717, 1.165) is 5.69 Å². The lowest BCUT2D eigenvalue weighted by Crippen LogP contribution is -2.14. The average Bonchev–Trinajstić information content (AvgIpc) is 2.39. The smallest absolute Gasteiger partial charge is 0.257 e. The second kappa shape index (κ2) is 5.52. The molecule has 0 saturated heterocycles. The summed E-state index contributed by atoms with van der Waals surface area (Å²) in [6.07, 6.45) is 0. The number of carbonyl (C=O) groups excluding carboxylic acids is 1. The summed E-state index contributed by atoms with van der Waals surface area (Å²) in [7, 11) is 1.57. The molecule has 19 heavy (non-hydrogen) atoms. The lowest BCUT2D eigenvalue weighted by molar-refractivity contribution is 0.102. The van der Waals surface area contributed by atoms with Gasteiger partial charge in [0.25, 0.3) is 5.91 Å². The van der Waals surface area contributed by atoms with E-state index in [4.69, 9.17) is 4.74 Å². The molecule has 1 aromatic heterocycles. The zero-order valence-electron chi connectivity index (χ0n) is 11.2. The standard InChI is InChI=1S/C15H16N2O2/c1-10-8-9-12(11(2)16-10)15(18)17-13-6-4-5-7-14(13)19-3/h4-9H,1-3H3,(H,17,18). The molecular formula is C15H16N2O2. The Balaban J connectivity index is 2.26. The summed E-state index contributed by atoms with van der Waals surface area (Å²) in [5.41, 5.74) is 2.82. The lowest BCUT2D eigenvalue weighted by Gasteiger charge is -2.11. The molecule has 0 aliphatic carbocycles. The first kappa shape index (κ1) is 13.1. The Morgan fingerprint density at radius 2 is 1.89 bits per heavy atom. The van der Waals surface area contributed by atoms with Crippen molar-refractivity contribution in [2.45, 2.75) is 13.8 Å². The molecule has 0 unspecified atom stereocenters. The van der Waals surface area contributed by atoms with Crippen LogP contribution in [0.1, 0.15) is 21.7 Å². The largest absolute Gasteiger partial charge is 0.495 e. The highest BCUT2D eigenvalue weighted by atomic mass is 16.5. The summed E-state index contributed by atoms with van der Waals surface area (Å²) in [5.74, 6) is 0.447. The molecule has 0 bridgehead atoms. The highest BCUT2D eigenvalue weighted by Gasteiger charge is 2.12. The highest BCUT2D eigenvalue weighted by Crippen LogP contribution is 2.23. The highest BCUT2D eigenvalue weighted by molar-refractivity contribution is 6.05. The number of hydrogen-bond donors (Lipinski definition) is 1.